The summed E-state index contributed by atoms with van der Waals surface area (Å²) in [6.07, 6.45) is -0.346. The van der Waals surface area contributed by atoms with E-state index in [4.69, 9.17) is 21.1 Å². The highest BCUT2D eigenvalue weighted by Crippen LogP contribution is 2.31. The first-order valence-corrected chi connectivity index (χ1v) is 9.77. The standard InChI is InChI=1S/C22H19ClF2O5/c1-2-30-21(28)16-11-14(20(27)22(25)7-9-29-10-8-22)12-17(24)18(16)19(26)13-3-5-15(23)6-4-13/h3-6,11-12H,2,7-10H2,1H3. The first kappa shape index (κ1) is 22.1. The van der Waals surface area contributed by atoms with Gasteiger partial charge in [-0.1, -0.05) is 11.6 Å². The zero-order valence-corrected chi connectivity index (χ0v) is 16.9. The maximum atomic E-state index is 15.1. The minimum atomic E-state index is -2.22. The largest absolute Gasteiger partial charge is 0.462 e. The van der Waals surface area contributed by atoms with Crippen LogP contribution in [0.3, 0.4) is 0 Å². The van der Waals surface area contributed by atoms with Gasteiger partial charge in [-0.2, -0.15) is 0 Å². The minimum Gasteiger partial charge on any atom is -0.462 e. The molecule has 0 bridgehead atoms. The number of benzene rings is 2. The third kappa shape index (κ3) is 4.42. The fourth-order valence-corrected chi connectivity index (χ4v) is 3.39. The molecular formula is C22H19ClF2O5. The fraction of sp³-hybridized carbons (Fsp3) is 0.318. The second-order valence-electron chi connectivity index (χ2n) is 6.84. The van der Waals surface area contributed by atoms with E-state index < -0.39 is 40.1 Å². The second-order valence-corrected chi connectivity index (χ2v) is 7.28. The molecule has 1 heterocycles. The summed E-state index contributed by atoms with van der Waals surface area (Å²) < 4.78 is 40.1. The Bertz CT molecular complexity index is 982. The number of alkyl halides is 1. The van der Waals surface area contributed by atoms with Crippen LogP contribution >= 0.6 is 11.6 Å². The quantitative estimate of drug-likeness (QED) is 0.489. The number of ether oxygens (including phenoxy) is 2. The number of Topliss-reactive ketones (excluding diaryl/α,β-unsaturated/α-hetero) is 1. The third-order valence-electron chi connectivity index (χ3n) is 4.87. The van der Waals surface area contributed by atoms with Crippen LogP contribution in [0.1, 0.15) is 56.4 Å². The van der Waals surface area contributed by atoms with Gasteiger partial charge in [-0.25, -0.2) is 13.6 Å². The van der Waals surface area contributed by atoms with Crippen LogP contribution in [-0.2, 0) is 9.47 Å². The van der Waals surface area contributed by atoms with Crippen molar-refractivity contribution in [2.75, 3.05) is 19.8 Å². The van der Waals surface area contributed by atoms with E-state index in [1.807, 2.05) is 0 Å². The number of hydrogen-bond donors (Lipinski definition) is 0. The monoisotopic (exact) mass is 436 g/mol. The molecule has 0 atom stereocenters. The molecule has 0 saturated carbocycles. The van der Waals surface area contributed by atoms with Gasteiger partial charge >= 0.3 is 5.97 Å². The number of hydrogen-bond acceptors (Lipinski definition) is 5. The van der Waals surface area contributed by atoms with Crippen molar-refractivity contribution in [3.63, 3.8) is 0 Å². The number of carbonyl (C=O) groups is 3. The predicted molar refractivity (Wildman–Crippen MR) is 105 cm³/mol. The molecule has 158 valence electrons. The Morgan fingerprint density at radius 1 is 1.10 bits per heavy atom. The average Bonchev–Trinajstić information content (AvgIpc) is 2.73. The lowest BCUT2D eigenvalue weighted by atomic mass is 9.86. The van der Waals surface area contributed by atoms with Gasteiger partial charge in [0.05, 0.1) is 30.9 Å². The molecule has 8 heteroatoms. The number of esters is 1. The molecular weight excluding hydrogens is 418 g/mol. The van der Waals surface area contributed by atoms with E-state index in [2.05, 4.69) is 0 Å². The maximum absolute atomic E-state index is 15.1. The molecule has 1 saturated heterocycles. The van der Waals surface area contributed by atoms with Gasteiger partial charge in [0.2, 0.25) is 0 Å². The van der Waals surface area contributed by atoms with Crippen LogP contribution in [0.15, 0.2) is 36.4 Å². The van der Waals surface area contributed by atoms with Gasteiger partial charge in [0.15, 0.2) is 17.2 Å². The molecule has 1 fully saturated rings. The first-order valence-electron chi connectivity index (χ1n) is 9.39. The molecule has 0 aromatic heterocycles. The van der Waals surface area contributed by atoms with Gasteiger partial charge in [0.25, 0.3) is 0 Å². The molecule has 0 unspecified atom stereocenters. The highest BCUT2D eigenvalue weighted by atomic mass is 35.5. The molecule has 2 aromatic rings. The summed E-state index contributed by atoms with van der Waals surface area (Å²) in [5.74, 6) is -3.84. The summed E-state index contributed by atoms with van der Waals surface area (Å²) in [7, 11) is 0. The Kier molecular flexibility index (Phi) is 6.63. The minimum absolute atomic E-state index is 0.0302. The van der Waals surface area contributed by atoms with E-state index in [-0.39, 0.29) is 43.8 Å². The van der Waals surface area contributed by atoms with Crippen LogP contribution in [0.25, 0.3) is 0 Å². The van der Waals surface area contributed by atoms with E-state index in [1.165, 1.54) is 24.3 Å². The highest BCUT2D eigenvalue weighted by molar-refractivity contribution is 6.30. The van der Waals surface area contributed by atoms with Crippen molar-refractivity contribution < 1.29 is 32.6 Å². The summed E-state index contributed by atoms with van der Waals surface area (Å²) in [6.45, 7) is 1.63. The number of ketones is 2. The van der Waals surface area contributed by atoms with Gasteiger partial charge in [-0.05, 0) is 43.3 Å². The van der Waals surface area contributed by atoms with Crippen LogP contribution in [0.2, 0.25) is 5.02 Å². The molecule has 0 N–H and O–H groups in total. The maximum Gasteiger partial charge on any atom is 0.339 e. The lowest BCUT2D eigenvalue weighted by molar-refractivity contribution is -0.000434. The van der Waals surface area contributed by atoms with Crippen molar-refractivity contribution in [1.29, 1.82) is 0 Å². The van der Waals surface area contributed by atoms with Crippen molar-refractivity contribution >= 4 is 29.1 Å². The van der Waals surface area contributed by atoms with Crippen molar-refractivity contribution in [3.05, 3.63) is 69.5 Å². The number of halogens is 3. The lowest BCUT2D eigenvalue weighted by Crippen LogP contribution is -2.40. The van der Waals surface area contributed by atoms with Crippen LogP contribution in [0, 0.1) is 5.82 Å². The molecule has 3 rings (SSSR count). The fourth-order valence-electron chi connectivity index (χ4n) is 3.26. The predicted octanol–water partition coefficient (Wildman–Crippen LogP) is 4.59. The molecule has 30 heavy (non-hydrogen) atoms. The van der Waals surface area contributed by atoms with E-state index in [1.54, 1.807) is 6.92 Å². The zero-order chi connectivity index (χ0) is 21.9. The van der Waals surface area contributed by atoms with E-state index in [0.29, 0.717) is 5.02 Å². The smallest absolute Gasteiger partial charge is 0.339 e. The van der Waals surface area contributed by atoms with Gasteiger partial charge in [-0.15, -0.1) is 0 Å². The highest BCUT2D eigenvalue weighted by Gasteiger charge is 2.41. The molecule has 2 aromatic carbocycles. The van der Waals surface area contributed by atoms with Crippen molar-refractivity contribution in [2.45, 2.75) is 25.4 Å². The first-order chi connectivity index (χ1) is 14.3. The summed E-state index contributed by atoms with van der Waals surface area (Å²) in [5, 5.41) is 0.378. The molecule has 0 radical (unpaired) electrons. The van der Waals surface area contributed by atoms with Crippen LogP contribution < -0.4 is 0 Å². The Morgan fingerprint density at radius 2 is 1.73 bits per heavy atom. The third-order valence-corrected chi connectivity index (χ3v) is 5.13. The van der Waals surface area contributed by atoms with E-state index in [9.17, 15) is 14.4 Å². The zero-order valence-electron chi connectivity index (χ0n) is 16.2. The van der Waals surface area contributed by atoms with Crippen LogP contribution in [0.5, 0.6) is 0 Å². The molecule has 0 amide bonds. The normalized spacial score (nSPS) is 15.5. The van der Waals surface area contributed by atoms with Crippen molar-refractivity contribution in [3.8, 4) is 0 Å². The molecule has 1 aliphatic heterocycles. The van der Waals surface area contributed by atoms with Gasteiger partial charge < -0.3 is 9.47 Å². The topological polar surface area (TPSA) is 69.7 Å². The van der Waals surface area contributed by atoms with Crippen LogP contribution in [0.4, 0.5) is 8.78 Å². The lowest BCUT2D eigenvalue weighted by Gasteiger charge is -2.28. The molecule has 5 nitrogen and oxygen atoms in total. The number of carbonyl (C=O) groups excluding carboxylic acids is 3. The second kappa shape index (κ2) is 9.02. The van der Waals surface area contributed by atoms with Gasteiger partial charge in [0.1, 0.15) is 5.82 Å². The Morgan fingerprint density at radius 3 is 2.33 bits per heavy atom. The van der Waals surface area contributed by atoms with Gasteiger partial charge in [-0.3, -0.25) is 9.59 Å². The molecule has 1 aliphatic rings. The summed E-state index contributed by atoms with van der Waals surface area (Å²) in [4.78, 5) is 38.1. The molecule has 0 aliphatic carbocycles. The van der Waals surface area contributed by atoms with E-state index >= 15 is 8.78 Å². The SMILES string of the molecule is CCOC(=O)c1cc(C(=O)C2(F)CCOCC2)cc(F)c1C(=O)c1ccc(Cl)cc1. The Balaban J connectivity index is 2.09. The summed E-state index contributed by atoms with van der Waals surface area (Å²) in [6, 6.07) is 7.47. The summed E-state index contributed by atoms with van der Waals surface area (Å²) >= 11 is 5.82. The van der Waals surface area contributed by atoms with Crippen molar-refractivity contribution in [1.82, 2.24) is 0 Å². The van der Waals surface area contributed by atoms with E-state index in [0.717, 1.165) is 12.1 Å². The Hall–Kier alpha value is -2.64. The van der Waals surface area contributed by atoms with Crippen LogP contribution in [-0.4, -0.2) is 43.0 Å². The number of rotatable bonds is 6. The Labute approximate surface area is 176 Å². The molecule has 0 spiro atoms. The van der Waals surface area contributed by atoms with Gasteiger partial charge in [0, 0.05) is 29.0 Å². The van der Waals surface area contributed by atoms with Crippen molar-refractivity contribution in [2.24, 2.45) is 0 Å². The average molecular weight is 437 g/mol. The summed E-state index contributed by atoms with van der Waals surface area (Å²) in [5.41, 5.74) is -3.46.